The van der Waals surface area contributed by atoms with Crippen LogP contribution < -0.4 is 0 Å². The minimum Gasteiger partial charge on any atom is -0.212 e. The minimum absolute atomic E-state index is 0.0400. The molecule has 1 fully saturated rings. The monoisotopic (exact) mass is 271 g/mol. The number of piperidine rings is 1. The van der Waals surface area contributed by atoms with Gasteiger partial charge in [-0.15, -0.1) is 0 Å². The van der Waals surface area contributed by atoms with E-state index in [2.05, 4.69) is 6.92 Å². The molecule has 1 aromatic rings. The van der Waals surface area contributed by atoms with E-state index in [0.29, 0.717) is 24.6 Å². The summed E-state index contributed by atoms with van der Waals surface area (Å²) < 4.78 is 38.7. The van der Waals surface area contributed by atoms with Gasteiger partial charge < -0.3 is 0 Å². The Morgan fingerprint density at radius 3 is 2.33 bits per heavy atom. The van der Waals surface area contributed by atoms with Crippen molar-refractivity contribution in [2.45, 2.75) is 25.5 Å². The van der Waals surface area contributed by atoms with Crippen LogP contribution in [-0.2, 0) is 15.8 Å². The summed E-state index contributed by atoms with van der Waals surface area (Å²) in [5, 5.41) is 0. The molecule has 0 amide bonds. The van der Waals surface area contributed by atoms with Gasteiger partial charge in [0, 0.05) is 13.1 Å². The molecule has 1 aromatic carbocycles. The zero-order valence-electron chi connectivity index (χ0n) is 10.5. The lowest BCUT2D eigenvalue weighted by Gasteiger charge is -2.29. The second-order valence-corrected chi connectivity index (χ2v) is 6.93. The van der Waals surface area contributed by atoms with Crippen LogP contribution in [0, 0.1) is 11.7 Å². The van der Waals surface area contributed by atoms with Crippen molar-refractivity contribution >= 4 is 10.0 Å². The molecule has 1 heterocycles. The average Bonchev–Trinajstić information content (AvgIpc) is 2.32. The normalized spacial score (nSPS) is 19.0. The predicted octanol–water partition coefficient (Wildman–Crippen LogP) is 2.39. The van der Waals surface area contributed by atoms with Gasteiger partial charge in [0.05, 0.1) is 5.75 Å². The molecule has 0 bridgehead atoms. The molecule has 0 radical (unpaired) electrons. The first-order chi connectivity index (χ1) is 8.47. The second-order valence-electron chi connectivity index (χ2n) is 4.96. The lowest BCUT2D eigenvalue weighted by atomic mass is 10.0. The van der Waals surface area contributed by atoms with Crippen molar-refractivity contribution < 1.29 is 12.8 Å². The first-order valence-corrected chi connectivity index (χ1v) is 7.80. The molecule has 1 saturated heterocycles. The second kappa shape index (κ2) is 5.36. The third kappa shape index (κ3) is 3.29. The van der Waals surface area contributed by atoms with Crippen LogP contribution in [0.3, 0.4) is 0 Å². The minimum atomic E-state index is -3.26. The smallest absolute Gasteiger partial charge is 0.212 e. The quantitative estimate of drug-likeness (QED) is 0.846. The fraction of sp³-hybridized carbons (Fsp3) is 0.538. The van der Waals surface area contributed by atoms with Gasteiger partial charge in [0.2, 0.25) is 10.0 Å². The summed E-state index contributed by atoms with van der Waals surface area (Å²) in [6, 6.07) is 5.64. The van der Waals surface area contributed by atoms with Crippen LogP contribution in [0.2, 0.25) is 0 Å². The van der Waals surface area contributed by atoms with Gasteiger partial charge in [0.1, 0.15) is 5.82 Å². The van der Waals surface area contributed by atoms with Crippen LogP contribution in [-0.4, -0.2) is 25.8 Å². The van der Waals surface area contributed by atoms with Crippen molar-refractivity contribution in [1.82, 2.24) is 4.31 Å². The Balaban J connectivity index is 2.05. The van der Waals surface area contributed by atoms with Crippen molar-refractivity contribution in [2.24, 2.45) is 5.92 Å². The van der Waals surface area contributed by atoms with Gasteiger partial charge in [0.15, 0.2) is 0 Å². The average molecular weight is 271 g/mol. The van der Waals surface area contributed by atoms with E-state index in [9.17, 15) is 12.8 Å². The van der Waals surface area contributed by atoms with E-state index in [1.807, 2.05) is 0 Å². The van der Waals surface area contributed by atoms with Crippen molar-refractivity contribution in [3.8, 4) is 0 Å². The van der Waals surface area contributed by atoms with Gasteiger partial charge in [-0.3, -0.25) is 0 Å². The Morgan fingerprint density at radius 2 is 1.78 bits per heavy atom. The molecule has 2 rings (SSSR count). The van der Waals surface area contributed by atoms with Gasteiger partial charge in [-0.05, 0) is 36.5 Å². The third-order valence-corrected chi connectivity index (χ3v) is 5.25. The highest BCUT2D eigenvalue weighted by molar-refractivity contribution is 7.88. The van der Waals surface area contributed by atoms with E-state index in [0.717, 1.165) is 12.8 Å². The zero-order chi connectivity index (χ0) is 13.2. The Bertz CT molecular complexity index is 490. The molecule has 0 aliphatic carbocycles. The topological polar surface area (TPSA) is 37.4 Å². The molecule has 0 spiro atoms. The first-order valence-electron chi connectivity index (χ1n) is 6.19. The Hall–Kier alpha value is -0.940. The number of hydrogen-bond donors (Lipinski definition) is 0. The highest BCUT2D eigenvalue weighted by Gasteiger charge is 2.26. The fourth-order valence-corrected chi connectivity index (χ4v) is 3.71. The van der Waals surface area contributed by atoms with E-state index >= 15 is 0 Å². The number of rotatable bonds is 3. The van der Waals surface area contributed by atoms with E-state index in [4.69, 9.17) is 0 Å². The van der Waals surface area contributed by atoms with Crippen LogP contribution in [0.5, 0.6) is 0 Å². The Morgan fingerprint density at radius 1 is 1.22 bits per heavy atom. The highest BCUT2D eigenvalue weighted by atomic mass is 32.2. The van der Waals surface area contributed by atoms with E-state index in [1.165, 1.54) is 24.3 Å². The summed E-state index contributed by atoms with van der Waals surface area (Å²) in [6.07, 6.45) is 1.84. The standard InChI is InChI=1S/C13H18FNO2S/c1-11-6-8-15(9-7-11)18(16,17)10-12-2-4-13(14)5-3-12/h2-5,11H,6-10H2,1H3. The molecule has 1 aliphatic heterocycles. The van der Waals surface area contributed by atoms with Gasteiger partial charge in [0.25, 0.3) is 0 Å². The molecule has 0 aromatic heterocycles. The molecule has 18 heavy (non-hydrogen) atoms. The lowest BCUT2D eigenvalue weighted by molar-refractivity contribution is 0.287. The molecule has 5 heteroatoms. The maximum Gasteiger partial charge on any atom is 0.218 e. The summed E-state index contributed by atoms with van der Waals surface area (Å²) in [4.78, 5) is 0. The summed E-state index contributed by atoms with van der Waals surface area (Å²) in [5.74, 6) is 0.215. The van der Waals surface area contributed by atoms with Crippen LogP contribution in [0.25, 0.3) is 0 Å². The number of halogens is 1. The van der Waals surface area contributed by atoms with E-state index in [-0.39, 0.29) is 11.6 Å². The molecule has 0 atom stereocenters. The summed E-state index contributed by atoms with van der Waals surface area (Å²) >= 11 is 0. The van der Waals surface area contributed by atoms with E-state index in [1.54, 1.807) is 4.31 Å². The molecule has 0 unspecified atom stereocenters. The first kappa shape index (κ1) is 13.5. The SMILES string of the molecule is CC1CCN(S(=O)(=O)Cc2ccc(F)cc2)CC1. The van der Waals surface area contributed by atoms with Gasteiger partial charge in [-0.1, -0.05) is 19.1 Å². The molecule has 3 nitrogen and oxygen atoms in total. The highest BCUT2D eigenvalue weighted by Crippen LogP contribution is 2.21. The summed E-state index contributed by atoms with van der Waals surface area (Å²) in [5.41, 5.74) is 0.634. The van der Waals surface area contributed by atoms with Crippen molar-refractivity contribution in [3.63, 3.8) is 0 Å². The molecule has 100 valence electrons. The fourth-order valence-electron chi connectivity index (χ4n) is 2.15. The molecule has 1 aliphatic rings. The molecular formula is C13H18FNO2S. The van der Waals surface area contributed by atoms with Gasteiger partial charge >= 0.3 is 0 Å². The van der Waals surface area contributed by atoms with Crippen LogP contribution in [0.15, 0.2) is 24.3 Å². The van der Waals surface area contributed by atoms with Gasteiger partial charge in [-0.25, -0.2) is 17.1 Å². The predicted molar refractivity (Wildman–Crippen MR) is 69.0 cm³/mol. The Kier molecular flexibility index (Phi) is 4.02. The zero-order valence-corrected chi connectivity index (χ0v) is 11.3. The summed E-state index contributed by atoms with van der Waals surface area (Å²) in [7, 11) is -3.26. The molecular weight excluding hydrogens is 253 g/mol. The Labute approximate surface area is 108 Å². The van der Waals surface area contributed by atoms with Crippen molar-refractivity contribution in [1.29, 1.82) is 0 Å². The lowest BCUT2D eigenvalue weighted by Crippen LogP contribution is -2.38. The van der Waals surface area contributed by atoms with Gasteiger partial charge in [-0.2, -0.15) is 0 Å². The maximum absolute atomic E-state index is 12.8. The van der Waals surface area contributed by atoms with Crippen LogP contribution in [0.1, 0.15) is 25.3 Å². The maximum atomic E-state index is 12.8. The summed E-state index contributed by atoms with van der Waals surface area (Å²) in [6.45, 7) is 3.35. The number of nitrogens with zero attached hydrogens (tertiary/aromatic N) is 1. The molecule has 0 saturated carbocycles. The molecule has 0 N–H and O–H groups in total. The number of sulfonamides is 1. The number of hydrogen-bond acceptors (Lipinski definition) is 2. The number of benzene rings is 1. The van der Waals surface area contributed by atoms with Crippen LogP contribution >= 0.6 is 0 Å². The van der Waals surface area contributed by atoms with Crippen LogP contribution in [0.4, 0.5) is 4.39 Å². The van der Waals surface area contributed by atoms with E-state index < -0.39 is 10.0 Å². The largest absolute Gasteiger partial charge is 0.218 e. The van der Waals surface area contributed by atoms with Crippen molar-refractivity contribution in [3.05, 3.63) is 35.6 Å². The third-order valence-electron chi connectivity index (χ3n) is 3.40. The van der Waals surface area contributed by atoms with Crippen molar-refractivity contribution in [2.75, 3.05) is 13.1 Å².